The first kappa shape index (κ1) is 19.9. The van der Waals surface area contributed by atoms with E-state index in [1.807, 2.05) is 37.3 Å². The minimum atomic E-state index is -4.43. The van der Waals surface area contributed by atoms with Crippen LogP contribution in [0.3, 0.4) is 0 Å². The van der Waals surface area contributed by atoms with Crippen LogP contribution in [0.5, 0.6) is 0 Å². The van der Waals surface area contributed by atoms with Crippen molar-refractivity contribution in [2.75, 3.05) is 6.54 Å². The summed E-state index contributed by atoms with van der Waals surface area (Å²) in [7, 11) is 0. The average molecular weight is 409 g/mol. The van der Waals surface area contributed by atoms with Crippen molar-refractivity contribution in [3.63, 3.8) is 0 Å². The van der Waals surface area contributed by atoms with Crippen molar-refractivity contribution in [1.82, 2.24) is 20.6 Å². The molecule has 1 aromatic carbocycles. The summed E-state index contributed by atoms with van der Waals surface area (Å²) in [5, 5.41) is 7.33. The van der Waals surface area contributed by atoms with Crippen LogP contribution in [0.1, 0.15) is 23.3 Å². The predicted molar refractivity (Wildman–Crippen MR) is 101 cm³/mol. The lowest BCUT2D eigenvalue weighted by atomic mass is 10.2. The first-order valence-electron chi connectivity index (χ1n) is 8.49. The third-order valence-corrected chi connectivity index (χ3v) is 4.41. The van der Waals surface area contributed by atoms with Gasteiger partial charge in [-0.15, -0.1) is 11.3 Å². The fourth-order valence-corrected chi connectivity index (χ4v) is 3.02. The summed E-state index contributed by atoms with van der Waals surface area (Å²) >= 11 is 0.948. The number of nitrogens with one attached hydrogen (secondary N) is 2. The third-order valence-electron chi connectivity index (χ3n) is 3.57. The van der Waals surface area contributed by atoms with Gasteiger partial charge in [-0.1, -0.05) is 18.2 Å². The molecule has 148 valence electrons. The zero-order valence-corrected chi connectivity index (χ0v) is 15.8. The summed E-state index contributed by atoms with van der Waals surface area (Å²) in [6.45, 7) is 2.90. The Labute approximate surface area is 163 Å². The van der Waals surface area contributed by atoms with Crippen LogP contribution in [0, 0.1) is 0 Å². The van der Waals surface area contributed by atoms with Crippen LogP contribution in [0.2, 0.25) is 0 Å². The van der Waals surface area contributed by atoms with E-state index >= 15 is 0 Å². The molecule has 0 radical (unpaired) electrons. The van der Waals surface area contributed by atoms with Gasteiger partial charge in [0.2, 0.25) is 5.89 Å². The number of thiazole rings is 1. The first-order valence-corrected chi connectivity index (χ1v) is 9.37. The van der Waals surface area contributed by atoms with Crippen molar-refractivity contribution in [1.29, 1.82) is 0 Å². The first-order chi connectivity index (χ1) is 13.5. The molecular weight excluding hydrogens is 391 g/mol. The van der Waals surface area contributed by atoms with Gasteiger partial charge in [0, 0.05) is 17.5 Å². The van der Waals surface area contributed by atoms with Crippen LogP contribution in [-0.2, 0) is 19.3 Å². The van der Waals surface area contributed by atoms with Crippen molar-refractivity contribution < 1.29 is 17.6 Å². The highest BCUT2D eigenvalue weighted by Crippen LogP contribution is 2.29. The van der Waals surface area contributed by atoms with Gasteiger partial charge in [-0.2, -0.15) is 13.2 Å². The number of aromatic nitrogens is 2. The van der Waals surface area contributed by atoms with Crippen molar-refractivity contribution in [2.24, 2.45) is 4.99 Å². The Kier molecular flexibility index (Phi) is 6.30. The van der Waals surface area contributed by atoms with Gasteiger partial charge in [0.25, 0.3) is 0 Å². The number of oxazole rings is 1. The van der Waals surface area contributed by atoms with E-state index < -0.39 is 11.9 Å². The van der Waals surface area contributed by atoms with E-state index in [1.54, 1.807) is 0 Å². The SMILES string of the molecule is CCNC(=NCc1coc(-c2ccccc2)n1)NCc1nc(C(F)(F)F)cs1. The lowest BCUT2D eigenvalue weighted by Gasteiger charge is -2.09. The van der Waals surface area contributed by atoms with Crippen LogP contribution in [-0.4, -0.2) is 22.5 Å². The van der Waals surface area contributed by atoms with Crippen molar-refractivity contribution in [2.45, 2.75) is 26.2 Å². The molecule has 0 amide bonds. The molecule has 0 atom stereocenters. The molecule has 0 saturated heterocycles. The number of guanidine groups is 1. The Morgan fingerprint density at radius 1 is 1.18 bits per heavy atom. The quantitative estimate of drug-likeness (QED) is 0.474. The van der Waals surface area contributed by atoms with E-state index in [1.165, 1.54) is 6.26 Å². The van der Waals surface area contributed by atoms with Crippen LogP contribution >= 0.6 is 11.3 Å². The molecule has 3 rings (SSSR count). The highest BCUT2D eigenvalue weighted by Gasteiger charge is 2.33. The maximum atomic E-state index is 12.6. The molecule has 0 aliphatic carbocycles. The summed E-state index contributed by atoms with van der Waals surface area (Å²) in [5.74, 6) is 0.960. The molecule has 0 aliphatic rings. The normalized spacial score (nSPS) is 12.2. The van der Waals surface area contributed by atoms with Crippen LogP contribution in [0.4, 0.5) is 13.2 Å². The third kappa shape index (κ3) is 5.32. The summed E-state index contributed by atoms with van der Waals surface area (Å²) in [4.78, 5) is 12.4. The molecule has 2 heterocycles. The van der Waals surface area contributed by atoms with E-state index in [4.69, 9.17) is 4.42 Å². The Bertz CT molecular complexity index is 921. The highest BCUT2D eigenvalue weighted by atomic mass is 32.1. The summed E-state index contributed by atoms with van der Waals surface area (Å²) in [6, 6.07) is 9.49. The number of aliphatic imine (C=N–C) groups is 1. The van der Waals surface area contributed by atoms with Crippen LogP contribution in [0.15, 0.2) is 51.4 Å². The van der Waals surface area contributed by atoms with Gasteiger partial charge in [0.15, 0.2) is 11.7 Å². The lowest BCUT2D eigenvalue weighted by Crippen LogP contribution is -2.36. The van der Waals surface area contributed by atoms with Gasteiger partial charge in [-0.3, -0.25) is 0 Å². The van der Waals surface area contributed by atoms with Crippen molar-refractivity contribution in [3.05, 3.63) is 58.4 Å². The summed E-state index contributed by atoms with van der Waals surface area (Å²) in [6.07, 6.45) is -2.90. The second-order valence-corrected chi connectivity index (χ2v) is 6.63. The van der Waals surface area contributed by atoms with Crippen LogP contribution in [0.25, 0.3) is 11.5 Å². The molecule has 2 N–H and O–H groups in total. The monoisotopic (exact) mass is 409 g/mol. The molecule has 0 bridgehead atoms. The van der Waals surface area contributed by atoms with E-state index in [0.29, 0.717) is 29.1 Å². The van der Waals surface area contributed by atoms with Crippen molar-refractivity contribution in [3.8, 4) is 11.5 Å². The topological polar surface area (TPSA) is 75.3 Å². The molecule has 0 unspecified atom stereocenters. The number of halogens is 3. The average Bonchev–Trinajstić information content (AvgIpc) is 3.34. The van der Waals surface area contributed by atoms with E-state index in [0.717, 1.165) is 22.3 Å². The Hall–Kier alpha value is -2.88. The Morgan fingerprint density at radius 3 is 2.64 bits per heavy atom. The number of hydrogen-bond donors (Lipinski definition) is 2. The molecule has 10 heteroatoms. The molecule has 0 spiro atoms. The molecule has 0 aliphatic heterocycles. The molecule has 28 heavy (non-hydrogen) atoms. The molecule has 2 aromatic heterocycles. The number of nitrogens with zero attached hydrogens (tertiary/aromatic N) is 3. The van der Waals surface area contributed by atoms with E-state index in [9.17, 15) is 13.2 Å². The summed E-state index contributed by atoms with van der Waals surface area (Å²) in [5.41, 5.74) is 0.629. The highest BCUT2D eigenvalue weighted by molar-refractivity contribution is 7.09. The predicted octanol–water partition coefficient (Wildman–Crippen LogP) is 4.07. The molecule has 0 fully saturated rings. The number of benzene rings is 1. The minimum Gasteiger partial charge on any atom is -0.444 e. The minimum absolute atomic E-state index is 0.140. The van der Waals surface area contributed by atoms with Gasteiger partial charge in [-0.25, -0.2) is 15.0 Å². The Morgan fingerprint density at radius 2 is 1.96 bits per heavy atom. The number of rotatable bonds is 6. The smallest absolute Gasteiger partial charge is 0.434 e. The summed E-state index contributed by atoms with van der Waals surface area (Å²) < 4.78 is 43.3. The molecule has 3 aromatic rings. The number of hydrogen-bond acceptors (Lipinski definition) is 5. The van der Waals surface area contributed by atoms with Gasteiger partial charge in [0.1, 0.15) is 17.0 Å². The fourth-order valence-electron chi connectivity index (χ4n) is 2.28. The standard InChI is InChI=1S/C18H18F3N5OS/c1-2-22-17(24-9-15-26-14(11-28-15)18(19,20)21)23-8-13-10-27-16(25-13)12-6-4-3-5-7-12/h3-7,10-11H,2,8-9H2,1H3,(H2,22,23,24). The van der Waals surface area contributed by atoms with Crippen LogP contribution < -0.4 is 10.6 Å². The second kappa shape index (κ2) is 8.87. The van der Waals surface area contributed by atoms with Gasteiger partial charge in [-0.05, 0) is 19.1 Å². The van der Waals surface area contributed by atoms with E-state index in [-0.39, 0.29) is 13.1 Å². The lowest BCUT2D eigenvalue weighted by molar-refractivity contribution is -0.140. The molecule has 0 saturated carbocycles. The zero-order valence-electron chi connectivity index (χ0n) is 15.0. The maximum absolute atomic E-state index is 12.6. The fraction of sp³-hybridized carbons (Fsp3) is 0.278. The zero-order chi connectivity index (χ0) is 20.0. The molecular formula is C18H18F3N5OS. The number of alkyl halides is 3. The van der Waals surface area contributed by atoms with Gasteiger partial charge >= 0.3 is 6.18 Å². The molecule has 6 nitrogen and oxygen atoms in total. The Balaban J connectivity index is 1.61. The largest absolute Gasteiger partial charge is 0.444 e. The van der Waals surface area contributed by atoms with E-state index in [2.05, 4.69) is 25.6 Å². The maximum Gasteiger partial charge on any atom is 0.434 e. The van der Waals surface area contributed by atoms with Gasteiger partial charge < -0.3 is 15.1 Å². The van der Waals surface area contributed by atoms with Crippen molar-refractivity contribution >= 4 is 17.3 Å². The second-order valence-electron chi connectivity index (χ2n) is 5.68. The van der Waals surface area contributed by atoms with Gasteiger partial charge in [0.05, 0.1) is 13.1 Å².